The van der Waals surface area contributed by atoms with E-state index in [-0.39, 0.29) is 5.91 Å². The third kappa shape index (κ3) is 2.75. The van der Waals surface area contributed by atoms with Crippen molar-refractivity contribution < 1.29 is 14.7 Å². The average Bonchev–Trinajstić information content (AvgIpc) is 2.69. The highest BCUT2D eigenvalue weighted by atomic mass is 79.9. The average molecular weight is 332 g/mol. The van der Waals surface area contributed by atoms with Gasteiger partial charge in [-0.1, -0.05) is 0 Å². The van der Waals surface area contributed by atoms with Crippen LogP contribution in [0.2, 0.25) is 0 Å². The van der Waals surface area contributed by atoms with E-state index in [9.17, 15) is 9.59 Å². The zero-order valence-corrected chi connectivity index (χ0v) is 12.4. The maximum absolute atomic E-state index is 12.3. The van der Waals surface area contributed by atoms with Crippen molar-refractivity contribution in [3.8, 4) is 0 Å². The summed E-state index contributed by atoms with van der Waals surface area (Å²) in [5, 5.41) is 9.01. The van der Waals surface area contributed by atoms with Crippen LogP contribution in [-0.4, -0.2) is 35.0 Å². The van der Waals surface area contributed by atoms with Crippen LogP contribution in [0, 0.1) is 12.8 Å². The highest BCUT2D eigenvalue weighted by Crippen LogP contribution is 2.29. The Kier molecular flexibility index (Phi) is 4.07. The second-order valence-electron chi connectivity index (χ2n) is 4.50. The number of nitrogens with zero attached hydrogens (tertiary/aromatic N) is 1. The predicted molar refractivity (Wildman–Crippen MR) is 73.0 cm³/mol. The molecule has 0 aromatic carbocycles. The molecule has 1 saturated heterocycles. The van der Waals surface area contributed by atoms with Crippen LogP contribution in [0.5, 0.6) is 0 Å². The minimum absolute atomic E-state index is 0.0558. The molecule has 0 unspecified atom stereocenters. The molecule has 1 N–H and O–H groups in total. The van der Waals surface area contributed by atoms with Crippen molar-refractivity contribution in [1.29, 1.82) is 0 Å². The van der Waals surface area contributed by atoms with Gasteiger partial charge in [-0.3, -0.25) is 9.59 Å². The van der Waals surface area contributed by atoms with Gasteiger partial charge in [0.05, 0.1) is 14.6 Å². The number of hydrogen-bond acceptors (Lipinski definition) is 3. The molecule has 0 spiro atoms. The molecule has 1 aliphatic heterocycles. The first-order valence-electron chi connectivity index (χ1n) is 5.77. The Bertz CT molecular complexity index is 466. The Labute approximate surface area is 118 Å². The minimum atomic E-state index is -0.809. The standard InChI is InChI=1S/C12H14BrNO3S/c1-7-5-9(18-10(7)13)11(15)14-4-2-3-8(6-14)12(16)17/h5,8H,2-4,6H2,1H3,(H,16,17)/t8-/m0/s1. The van der Waals surface area contributed by atoms with Crippen molar-refractivity contribution in [2.24, 2.45) is 5.92 Å². The van der Waals surface area contributed by atoms with Crippen LogP contribution in [-0.2, 0) is 4.79 Å². The molecule has 1 aliphatic rings. The van der Waals surface area contributed by atoms with E-state index in [0.717, 1.165) is 15.8 Å². The second-order valence-corrected chi connectivity index (χ2v) is 6.87. The number of piperidine rings is 1. The third-order valence-corrected chi connectivity index (χ3v) is 5.25. The van der Waals surface area contributed by atoms with Crippen LogP contribution >= 0.6 is 27.3 Å². The second kappa shape index (κ2) is 5.40. The van der Waals surface area contributed by atoms with E-state index in [4.69, 9.17) is 5.11 Å². The van der Waals surface area contributed by atoms with Gasteiger partial charge in [-0.15, -0.1) is 11.3 Å². The third-order valence-electron chi connectivity index (χ3n) is 3.13. The lowest BCUT2D eigenvalue weighted by Crippen LogP contribution is -2.42. The molecule has 1 aromatic rings. The van der Waals surface area contributed by atoms with Gasteiger partial charge in [0.25, 0.3) is 5.91 Å². The van der Waals surface area contributed by atoms with Gasteiger partial charge in [-0.05, 0) is 47.3 Å². The lowest BCUT2D eigenvalue weighted by molar-refractivity contribution is -0.143. The maximum atomic E-state index is 12.3. The summed E-state index contributed by atoms with van der Waals surface area (Å²) in [6, 6.07) is 1.85. The van der Waals surface area contributed by atoms with E-state index in [2.05, 4.69) is 15.9 Å². The molecule has 2 heterocycles. The van der Waals surface area contributed by atoms with Crippen molar-refractivity contribution in [2.45, 2.75) is 19.8 Å². The van der Waals surface area contributed by atoms with E-state index in [1.54, 1.807) is 4.90 Å². The summed E-state index contributed by atoms with van der Waals surface area (Å²) in [4.78, 5) is 25.6. The SMILES string of the molecule is Cc1cc(C(=O)N2CCC[C@H](C(=O)O)C2)sc1Br. The summed E-state index contributed by atoms with van der Waals surface area (Å²) in [7, 11) is 0. The van der Waals surface area contributed by atoms with E-state index >= 15 is 0 Å². The lowest BCUT2D eigenvalue weighted by Gasteiger charge is -2.30. The molecule has 0 bridgehead atoms. The fourth-order valence-electron chi connectivity index (χ4n) is 2.08. The summed E-state index contributed by atoms with van der Waals surface area (Å²) in [6.07, 6.45) is 1.42. The van der Waals surface area contributed by atoms with Crippen LogP contribution in [0.15, 0.2) is 9.85 Å². The van der Waals surface area contributed by atoms with Crippen LogP contribution in [0.3, 0.4) is 0 Å². The lowest BCUT2D eigenvalue weighted by atomic mass is 9.98. The molecule has 0 radical (unpaired) electrons. The maximum Gasteiger partial charge on any atom is 0.308 e. The molecule has 1 amide bonds. The van der Waals surface area contributed by atoms with E-state index in [0.29, 0.717) is 24.4 Å². The number of thiophene rings is 1. The largest absolute Gasteiger partial charge is 0.481 e. The number of rotatable bonds is 2. The van der Waals surface area contributed by atoms with Crippen molar-refractivity contribution in [2.75, 3.05) is 13.1 Å². The Balaban J connectivity index is 2.11. The van der Waals surface area contributed by atoms with Gasteiger partial charge >= 0.3 is 5.97 Å². The zero-order chi connectivity index (χ0) is 13.3. The highest BCUT2D eigenvalue weighted by molar-refractivity contribution is 9.11. The number of aliphatic carboxylic acids is 1. The van der Waals surface area contributed by atoms with Crippen LogP contribution < -0.4 is 0 Å². The molecule has 98 valence electrons. The summed E-state index contributed by atoms with van der Waals surface area (Å²) >= 11 is 4.80. The fourth-order valence-corrected chi connectivity index (χ4v) is 3.59. The molecule has 2 rings (SSSR count). The Hall–Kier alpha value is -0.880. The number of hydrogen-bond donors (Lipinski definition) is 1. The molecule has 6 heteroatoms. The normalized spacial score (nSPS) is 19.9. The molecule has 4 nitrogen and oxygen atoms in total. The van der Waals surface area contributed by atoms with Crippen molar-refractivity contribution >= 4 is 39.1 Å². The van der Waals surface area contributed by atoms with E-state index in [1.807, 2.05) is 13.0 Å². The van der Waals surface area contributed by atoms with E-state index < -0.39 is 11.9 Å². The molecule has 1 aromatic heterocycles. The topological polar surface area (TPSA) is 57.6 Å². The molecule has 1 fully saturated rings. The number of aryl methyl sites for hydroxylation is 1. The number of likely N-dealkylation sites (tertiary alicyclic amines) is 1. The zero-order valence-electron chi connectivity index (χ0n) is 9.98. The predicted octanol–water partition coefficient (Wildman–Crippen LogP) is 2.76. The summed E-state index contributed by atoms with van der Waals surface area (Å²) in [5.41, 5.74) is 1.04. The van der Waals surface area contributed by atoms with Crippen LogP contribution in [0.1, 0.15) is 28.1 Å². The first kappa shape index (κ1) is 13.5. The van der Waals surface area contributed by atoms with Gasteiger partial charge in [-0.2, -0.15) is 0 Å². The van der Waals surface area contributed by atoms with Crippen LogP contribution in [0.4, 0.5) is 0 Å². The number of amides is 1. The smallest absolute Gasteiger partial charge is 0.308 e. The van der Waals surface area contributed by atoms with Gasteiger partial charge in [0.2, 0.25) is 0 Å². The number of carboxylic acids is 1. The van der Waals surface area contributed by atoms with Gasteiger partial charge < -0.3 is 10.0 Å². The summed E-state index contributed by atoms with van der Waals surface area (Å²) < 4.78 is 0.956. The first-order chi connectivity index (χ1) is 8.49. The fraction of sp³-hybridized carbons (Fsp3) is 0.500. The molecule has 0 saturated carbocycles. The number of carbonyl (C=O) groups excluding carboxylic acids is 1. The number of carboxylic acid groups (broad SMARTS) is 1. The van der Waals surface area contributed by atoms with Crippen molar-refractivity contribution in [3.63, 3.8) is 0 Å². The molecular formula is C12H14BrNO3S. The monoisotopic (exact) mass is 331 g/mol. The van der Waals surface area contributed by atoms with Crippen molar-refractivity contribution in [1.82, 2.24) is 4.90 Å². The Morgan fingerprint density at radius 1 is 1.56 bits per heavy atom. The van der Waals surface area contributed by atoms with Gasteiger partial charge in [-0.25, -0.2) is 0 Å². The van der Waals surface area contributed by atoms with Crippen molar-refractivity contribution in [3.05, 3.63) is 20.3 Å². The number of halogens is 1. The van der Waals surface area contributed by atoms with E-state index in [1.165, 1.54) is 11.3 Å². The molecule has 1 atom stereocenters. The first-order valence-corrected chi connectivity index (χ1v) is 7.38. The summed E-state index contributed by atoms with van der Waals surface area (Å²) in [5.74, 6) is -1.29. The molecule has 18 heavy (non-hydrogen) atoms. The molecular weight excluding hydrogens is 318 g/mol. The van der Waals surface area contributed by atoms with Crippen LogP contribution in [0.25, 0.3) is 0 Å². The van der Waals surface area contributed by atoms with Gasteiger partial charge in [0.15, 0.2) is 0 Å². The van der Waals surface area contributed by atoms with Gasteiger partial charge in [0.1, 0.15) is 0 Å². The Morgan fingerprint density at radius 2 is 2.28 bits per heavy atom. The minimum Gasteiger partial charge on any atom is -0.481 e. The Morgan fingerprint density at radius 3 is 2.83 bits per heavy atom. The molecule has 0 aliphatic carbocycles. The van der Waals surface area contributed by atoms with Gasteiger partial charge in [0, 0.05) is 13.1 Å². The highest BCUT2D eigenvalue weighted by Gasteiger charge is 2.29. The quantitative estimate of drug-likeness (QED) is 0.906. The number of carbonyl (C=O) groups is 2. The summed E-state index contributed by atoms with van der Waals surface area (Å²) in [6.45, 7) is 2.91.